The van der Waals surface area contributed by atoms with E-state index in [0.29, 0.717) is 11.8 Å². The molecule has 1 aromatic rings. The van der Waals surface area contributed by atoms with Gasteiger partial charge in [-0.25, -0.2) is 4.39 Å². The molecule has 0 aliphatic carbocycles. The van der Waals surface area contributed by atoms with E-state index in [1.165, 1.54) is 24.3 Å². The number of imide groups is 1. The van der Waals surface area contributed by atoms with Crippen molar-refractivity contribution < 1.29 is 23.5 Å². The number of benzene rings is 1. The van der Waals surface area contributed by atoms with E-state index in [-0.39, 0.29) is 21.6 Å². The Labute approximate surface area is 141 Å². The average Bonchev–Trinajstić information content (AvgIpc) is 2.70. The van der Waals surface area contributed by atoms with Crippen LogP contribution in [-0.2, 0) is 14.3 Å². The second-order valence-corrected chi connectivity index (χ2v) is 6.34. The summed E-state index contributed by atoms with van der Waals surface area (Å²) in [6, 6.07) is 4.10. The lowest BCUT2D eigenvalue weighted by Gasteiger charge is -2.13. The number of hydrogen-bond donors (Lipinski definition) is 0. The molecule has 0 N–H and O–H groups in total. The number of amides is 2. The van der Waals surface area contributed by atoms with Gasteiger partial charge in [-0.3, -0.25) is 19.3 Å². The molecule has 1 aliphatic rings. The molecule has 0 atom stereocenters. The Kier molecular flexibility index (Phi) is 5.43. The Morgan fingerprint density at radius 3 is 2.74 bits per heavy atom. The quantitative estimate of drug-likeness (QED) is 0.610. The molecule has 1 aliphatic heterocycles. The van der Waals surface area contributed by atoms with Gasteiger partial charge in [0, 0.05) is 5.56 Å². The van der Waals surface area contributed by atoms with Crippen molar-refractivity contribution in [2.75, 3.05) is 6.54 Å². The smallest absolute Gasteiger partial charge is 0.326 e. The van der Waals surface area contributed by atoms with E-state index in [2.05, 4.69) is 0 Å². The molecule has 0 radical (unpaired) electrons. The van der Waals surface area contributed by atoms with Crippen LogP contribution in [0.2, 0.25) is 5.02 Å². The average molecular weight is 358 g/mol. The van der Waals surface area contributed by atoms with Crippen LogP contribution in [0.25, 0.3) is 6.08 Å². The number of hydrogen-bond acceptors (Lipinski definition) is 5. The Hall–Kier alpha value is -1.86. The van der Waals surface area contributed by atoms with Gasteiger partial charge in [-0.1, -0.05) is 17.7 Å². The number of ether oxygens (including phenoxy) is 1. The normalized spacial score (nSPS) is 16.6. The summed E-state index contributed by atoms with van der Waals surface area (Å²) in [5.74, 6) is -1.98. The fourth-order valence-corrected chi connectivity index (χ4v) is 2.88. The van der Waals surface area contributed by atoms with Crippen molar-refractivity contribution in [2.24, 2.45) is 0 Å². The van der Waals surface area contributed by atoms with E-state index >= 15 is 0 Å². The zero-order valence-corrected chi connectivity index (χ0v) is 13.9. The number of carbonyl (C=O) groups excluding carboxylic acids is 3. The van der Waals surface area contributed by atoms with Gasteiger partial charge in [-0.15, -0.1) is 0 Å². The number of carbonyl (C=O) groups is 3. The van der Waals surface area contributed by atoms with E-state index in [4.69, 9.17) is 16.3 Å². The fourth-order valence-electron chi connectivity index (χ4n) is 1.85. The Bertz CT molecular complexity index is 684. The highest BCUT2D eigenvalue weighted by Crippen LogP contribution is 2.34. The third-order valence-corrected chi connectivity index (χ3v) is 4.04. The highest BCUT2D eigenvalue weighted by molar-refractivity contribution is 8.18. The first kappa shape index (κ1) is 17.5. The number of halogens is 2. The highest BCUT2D eigenvalue weighted by atomic mass is 35.5. The molecular formula is C15H13ClFNO4S. The SMILES string of the molecule is CC(C)OC(=O)CN1C(=O)S/C(=C/c2c(F)cccc2Cl)C1=O. The van der Waals surface area contributed by atoms with E-state index in [1.807, 2.05) is 0 Å². The Balaban J connectivity index is 2.21. The predicted octanol–water partition coefficient (Wildman–Crippen LogP) is 3.47. The van der Waals surface area contributed by atoms with E-state index in [0.717, 1.165) is 4.90 Å². The standard InChI is InChI=1S/C15H13ClFNO4S/c1-8(2)22-13(19)7-18-14(20)12(23-15(18)21)6-9-10(16)4-3-5-11(9)17/h3-6,8H,7H2,1-2H3/b12-6+. The van der Waals surface area contributed by atoms with Crippen molar-refractivity contribution >= 4 is 46.6 Å². The zero-order valence-electron chi connectivity index (χ0n) is 12.3. The van der Waals surface area contributed by atoms with Gasteiger partial charge in [0.1, 0.15) is 12.4 Å². The van der Waals surface area contributed by atoms with Crippen LogP contribution in [0.3, 0.4) is 0 Å². The van der Waals surface area contributed by atoms with Crippen molar-refractivity contribution in [2.45, 2.75) is 20.0 Å². The van der Waals surface area contributed by atoms with Gasteiger partial charge >= 0.3 is 5.97 Å². The van der Waals surface area contributed by atoms with Crippen molar-refractivity contribution in [3.05, 3.63) is 39.5 Å². The molecule has 0 saturated carbocycles. The van der Waals surface area contributed by atoms with Gasteiger partial charge in [-0.2, -0.15) is 0 Å². The minimum Gasteiger partial charge on any atom is -0.462 e. The summed E-state index contributed by atoms with van der Waals surface area (Å²) in [7, 11) is 0. The highest BCUT2D eigenvalue weighted by Gasteiger charge is 2.37. The predicted molar refractivity (Wildman–Crippen MR) is 85.3 cm³/mol. The zero-order chi connectivity index (χ0) is 17.1. The number of rotatable bonds is 4. The van der Waals surface area contributed by atoms with Crippen LogP contribution in [0.4, 0.5) is 9.18 Å². The van der Waals surface area contributed by atoms with Crippen LogP contribution in [0.15, 0.2) is 23.1 Å². The topological polar surface area (TPSA) is 63.7 Å². The molecule has 23 heavy (non-hydrogen) atoms. The first-order valence-corrected chi connectivity index (χ1v) is 7.88. The maximum atomic E-state index is 13.8. The lowest BCUT2D eigenvalue weighted by molar-refractivity contribution is -0.149. The molecule has 2 amide bonds. The molecular weight excluding hydrogens is 345 g/mol. The van der Waals surface area contributed by atoms with Crippen LogP contribution in [0.1, 0.15) is 19.4 Å². The summed E-state index contributed by atoms with van der Waals surface area (Å²) in [4.78, 5) is 36.4. The molecule has 1 heterocycles. The molecule has 8 heteroatoms. The third kappa shape index (κ3) is 4.11. The number of thioether (sulfide) groups is 1. The minimum atomic E-state index is -0.688. The third-order valence-electron chi connectivity index (χ3n) is 2.80. The van der Waals surface area contributed by atoms with Gasteiger partial charge in [0.15, 0.2) is 0 Å². The number of nitrogens with zero attached hydrogens (tertiary/aromatic N) is 1. The largest absolute Gasteiger partial charge is 0.462 e. The van der Waals surface area contributed by atoms with Gasteiger partial charge in [0.2, 0.25) is 0 Å². The summed E-state index contributed by atoms with van der Waals surface area (Å²) in [5, 5.41) is -0.495. The molecule has 0 aromatic heterocycles. The Morgan fingerprint density at radius 2 is 2.13 bits per heavy atom. The van der Waals surface area contributed by atoms with Crippen LogP contribution in [0.5, 0.6) is 0 Å². The molecule has 2 rings (SSSR count). The monoisotopic (exact) mass is 357 g/mol. The molecule has 122 valence electrons. The maximum absolute atomic E-state index is 13.8. The number of esters is 1. The molecule has 0 bridgehead atoms. The summed E-state index contributed by atoms with van der Waals surface area (Å²) in [6.45, 7) is 2.84. The second-order valence-electron chi connectivity index (χ2n) is 4.94. The second kappa shape index (κ2) is 7.14. The Morgan fingerprint density at radius 1 is 1.43 bits per heavy atom. The summed E-state index contributed by atoms with van der Waals surface area (Å²) in [6.07, 6.45) is 0.853. The molecule has 1 aromatic carbocycles. The summed E-state index contributed by atoms with van der Waals surface area (Å²) >= 11 is 6.51. The molecule has 1 fully saturated rings. The van der Waals surface area contributed by atoms with Crippen LogP contribution in [-0.4, -0.2) is 34.7 Å². The summed E-state index contributed by atoms with van der Waals surface area (Å²) in [5.41, 5.74) is 0.0180. The lowest BCUT2D eigenvalue weighted by Crippen LogP contribution is -2.35. The molecule has 5 nitrogen and oxygen atoms in total. The van der Waals surface area contributed by atoms with Gasteiger partial charge in [-0.05, 0) is 43.8 Å². The van der Waals surface area contributed by atoms with E-state index in [9.17, 15) is 18.8 Å². The first-order valence-electron chi connectivity index (χ1n) is 6.68. The minimum absolute atomic E-state index is 0.000605. The van der Waals surface area contributed by atoms with Gasteiger partial charge in [0.05, 0.1) is 16.0 Å². The fraction of sp³-hybridized carbons (Fsp3) is 0.267. The molecule has 0 spiro atoms. The van der Waals surface area contributed by atoms with Crippen LogP contribution >= 0.6 is 23.4 Å². The van der Waals surface area contributed by atoms with Gasteiger partial charge in [0.25, 0.3) is 11.1 Å². The van der Waals surface area contributed by atoms with Crippen molar-refractivity contribution in [3.63, 3.8) is 0 Å². The van der Waals surface area contributed by atoms with Gasteiger partial charge < -0.3 is 4.74 Å². The summed E-state index contributed by atoms with van der Waals surface area (Å²) < 4.78 is 18.7. The van der Waals surface area contributed by atoms with E-state index in [1.54, 1.807) is 13.8 Å². The van der Waals surface area contributed by atoms with Crippen LogP contribution < -0.4 is 0 Å². The van der Waals surface area contributed by atoms with Crippen molar-refractivity contribution in [1.29, 1.82) is 0 Å². The maximum Gasteiger partial charge on any atom is 0.326 e. The van der Waals surface area contributed by atoms with Crippen molar-refractivity contribution in [1.82, 2.24) is 4.90 Å². The van der Waals surface area contributed by atoms with E-state index < -0.39 is 29.5 Å². The molecule has 1 saturated heterocycles. The first-order chi connectivity index (χ1) is 10.8. The molecule has 0 unspecified atom stereocenters. The lowest BCUT2D eigenvalue weighted by atomic mass is 10.2. The van der Waals surface area contributed by atoms with Crippen LogP contribution in [0, 0.1) is 5.82 Å². The van der Waals surface area contributed by atoms with Crippen molar-refractivity contribution in [3.8, 4) is 0 Å².